The first-order valence-electron chi connectivity index (χ1n) is 8.70. The van der Waals surface area contributed by atoms with Crippen LogP contribution in [0.5, 0.6) is 0 Å². The molecule has 0 heterocycles. The van der Waals surface area contributed by atoms with E-state index in [-0.39, 0.29) is 22.8 Å². The van der Waals surface area contributed by atoms with Crippen LogP contribution in [-0.4, -0.2) is 26.2 Å². The molecule has 23 heavy (non-hydrogen) atoms. The molecule has 0 amide bonds. The number of ether oxygens (including phenoxy) is 1. The molecule has 1 N–H and O–H groups in total. The average Bonchev–Trinajstić information content (AvgIpc) is 2.56. The molecule has 0 spiro atoms. The topological polar surface area (TPSA) is 72.5 Å². The third-order valence-electron chi connectivity index (χ3n) is 2.98. The third kappa shape index (κ3) is 4.23. The fourth-order valence-electron chi connectivity index (χ4n) is 1.96. The minimum atomic E-state index is -4.89. The van der Waals surface area contributed by atoms with Gasteiger partial charge < -0.3 is 4.74 Å². The Labute approximate surface area is 145 Å². The summed E-state index contributed by atoms with van der Waals surface area (Å²) in [7, 11) is -4.89. The van der Waals surface area contributed by atoms with Crippen molar-refractivity contribution in [2.75, 3.05) is 11.3 Å². The number of anilines is 1. The molecule has 1 aliphatic rings. The second-order valence-corrected chi connectivity index (χ2v) is 6.60. The van der Waals surface area contributed by atoms with E-state index in [1.807, 2.05) is 0 Å². The van der Waals surface area contributed by atoms with Gasteiger partial charge in [-0.2, -0.15) is 0 Å². The van der Waals surface area contributed by atoms with E-state index in [1.165, 1.54) is 6.92 Å². The van der Waals surface area contributed by atoms with Gasteiger partial charge in [-0.05, 0) is 44.3 Å². The van der Waals surface area contributed by atoms with Crippen molar-refractivity contribution in [3.63, 3.8) is 0 Å². The van der Waals surface area contributed by atoms with E-state index in [9.17, 15) is 17.6 Å². The van der Waals surface area contributed by atoms with Crippen molar-refractivity contribution < 1.29 is 27.9 Å². The number of esters is 1. The molecule has 0 saturated carbocycles. The number of carbonyl (C=O) groups excluding carboxylic acids is 1. The molecule has 0 saturated heterocycles. The number of rotatable bonds is 5. The number of halogens is 2. The molecule has 8 heteroatoms. The number of nitrogens with one attached hydrogen (secondary N) is 1. The molecule has 0 aromatic heterocycles. The SMILES string of the molecule is [2H]N(c1ccc(F)cc1Cl)S(=O)(=O)[C@]1([2H])CCC([2H])([2H])C=C1C(=O)OCC. The van der Waals surface area contributed by atoms with Crippen LogP contribution >= 0.6 is 11.6 Å². The molecular weight excluding hydrogens is 345 g/mol. The highest BCUT2D eigenvalue weighted by Gasteiger charge is 2.35. The van der Waals surface area contributed by atoms with E-state index in [0.717, 1.165) is 24.3 Å². The highest BCUT2D eigenvalue weighted by atomic mass is 35.5. The predicted octanol–water partition coefficient (Wildman–Crippen LogP) is 3.26. The number of hydrogen-bond acceptors (Lipinski definition) is 4. The zero-order valence-corrected chi connectivity index (χ0v) is 13.7. The Hall–Kier alpha value is -1.60. The van der Waals surface area contributed by atoms with Crippen LogP contribution in [0.25, 0.3) is 0 Å². The highest BCUT2D eigenvalue weighted by molar-refractivity contribution is 7.93. The van der Waals surface area contributed by atoms with Crippen molar-refractivity contribution in [1.29, 1.82) is 0 Å². The molecule has 0 unspecified atom stereocenters. The van der Waals surface area contributed by atoms with E-state index in [2.05, 4.69) is 0 Å². The summed E-state index contributed by atoms with van der Waals surface area (Å²) in [5.74, 6) is -1.90. The van der Waals surface area contributed by atoms with Gasteiger partial charge in [0, 0.05) is 2.74 Å². The molecule has 1 aliphatic carbocycles. The van der Waals surface area contributed by atoms with E-state index < -0.39 is 51.1 Å². The number of hydrogen-bond donors (Lipinski definition) is 1. The van der Waals surface area contributed by atoms with Crippen LogP contribution in [0.15, 0.2) is 29.8 Å². The molecule has 0 fully saturated rings. The number of benzene rings is 1. The van der Waals surface area contributed by atoms with Crippen molar-refractivity contribution in [2.45, 2.75) is 31.4 Å². The quantitative estimate of drug-likeness (QED) is 0.813. The van der Waals surface area contributed by atoms with Gasteiger partial charge in [0.2, 0.25) is 10.0 Å². The van der Waals surface area contributed by atoms with Gasteiger partial charge in [0.15, 0.2) is 1.41 Å². The van der Waals surface area contributed by atoms with Crippen LogP contribution in [0.2, 0.25) is 6.43 Å². The normalized spacial score (nSPS) is 26.1. The predicted molar refractivity (Wildman–Crippen MR) is 86.3 cm³/mol. The molecule has 1 aromatic carbocycles. The lowest BCUT2D eigenvalue weighted by atomic mass is 9.99. The van der Waals surface area contributed by atoms with Crippen molar-refractivity contribution in [3.05, 3.63) is 40.7 Å². The zero-order chi connectivity index (χ0) is 20.6. The van der Waals surface area contributed by atoms with Crippen LogP contribution < -0.4 is 4.72 Å². The van der Waals surface area contributed by atoms with E-state index in [4.69, 9.17) is 21.9 Å². The molecule has 1 atom stereocenters. The fraction of sp³-hybridized carbons (Fsp3) is 0.400. The Morgan fingerprint density at radius 2 is 2.39 bits per heavy atom. The average molecular weight is 366 g/mol. The Bertz CT molecular complexity index is 896. The number of carbonyl (C=O) groups is 1. The van der Waals surface area contributed by atoms with Crippen LogP contribution in [0.3, 0.4) is 0 Å². The summed E-state index contributed by atoms with van der Waals surface area (Å²) in [4.78, 5) is 12.2. The minimum absolute atomic E-state index is 0.0459. The van der Waals surface area contributed by atoms with Crippen molar-refractivity contribution >= 4 is 33.3 Å². The number of allylic oxidation sites excluding steroid dienone is 1. The lowest BCUT2D eigenvalue weighted by Gasteiger charge is -2.24. The van der Waals surface area contributed by atoms with Gasteiger partial charge >= 0.3 is 5.97 Å². The summed E-state index contributed by atoms with van der Waals surface area (Å²) in [5.41, 5.74) is -1.11. The van der Waals surface area contributed by atoms with Gasteiger partial charge in [-0.3, -0.25) is 4.72 Å². The van der Waals surface area contributed by atoms with Gasteiger partial charge in [-0.15, -0.1) is 0 Å². The first kappa shape index (κ1) is 12.8. The van der Waals surface area contributed by atoms with E-state index in [1.54, 1.807) is 0 Å². The first-order chi connectivity index (χ1) is 12.4. The van der Waals surface area contributed by atoms with E-state index >= 15 is 0 Å². The lowest BCUT2D eigenvalue weighted by molar-refractivity contribution is -0.138. The Balaban J connectivity index is 2.58. The summed E-state index contributed by atoms with van der Waals surface area (Å²) in [6, 6.07) is 2.67. The van der Waals surface area contributed by atoms with Gasteiger partial charge in [0.25, 0.3) is 0 Å². The van der Waals surface area contributed by atoms with Gasteiger partial charge in [0.1, 0.15) is 11.0 Å². The fourth-order valence-corrected chi connectivity index (χ4v) is 3.53. The summed E-state index contributed by atoms with van der Waals surface area (Å²) in [6.45, 7) is 1.37. The van der Waals surface area contributed by atoms with Crippen LogP contribution in [0, 0.1) is 5.82 Å². The van der Waals surface area contributed by atoms with Gasteiger partial charge in [-0.25, -0.2) is 17.6 Å². The summed E-state index contributed by atoms with van der Waals surface area (Å²) in [6.07, 6.45) is -2.20. The molecule has 0 bridgehead atoms. The molecular formula is C15H17ClFNO4S. The first-order valence-corrected chi connectivity index (χ1v) is 8.57. The van der Waals surface area contributed by atoms with Crippen molar-refractivity contribution in [2.24, 2.45) is 0 Å². The van der Waals surface area contributed by atoms with Gasteiger partial charge in [-0.1, -0.05) is 17.7 Å². The standard InChI is InChI=1S/C15H17ClFNO4S/c1-2-22-15(19)11-5-3-4-6-14(11)23(20,21)18-13-8-7-10(17)9-12(13)16/h5,7-9,14,18H,2-4,6H2,1H3/t14-/m1/s1/i3D2,14D/hD. The lowest BCUT2D eigenvalue weighted by Crippen LogP contribution is -2.34. The monoisotopic (exact) mass is 365 g/mol. The van der Waals surface area contributed by atoms with Crippen LogP contribution in [-0.2, 0) is 19.6 Å². The molecule has 0 radical (unpaired) electrons. The zero-order valence-electron chi connectivity index (χ0n) is 16.2. The second-order valence-electron chi connectivity index (χ2n) is 4.57. The molecule has 0 aliphatic heterocycles. The Morgan fingerprint density at radius 3 is 3.04 bits per heavy atom. The number of sulfonamides is 1. The molecule has 126 valence electrons. The van der Waals surface area contributed by atoms with Gasteiger partial charge in [0.05, 0.1) is 24.3 Å². The largest absolute Gasteiger partial charge is 0.463 e. The van der Waals surface area contributed by atoms with Crippen LogP contribution in [0.4, 0.5) is 10.1 Å². The Kier molecular flexibility index (Phi) is 4.06. The molecule has 2 rings (SSSR count). The Morgan fingerprint density at radius 1 is 1.65 bits per heavy atom. The van der Waals surface area contributed by atoms with Crippen molar-refractivity contribution in [3.8, 4) is 0 Å². The maximum atomic E-state index is 13.2. The highest BCUT2D eigenvalue weighted by Crippen LogP contribution is 2.30. The van der Waals surface area contributed by atoms with Crippen LogP contribution in [0.1, 0.15) is 30.3 Å². The third-order valence-corrected chi connectivity index (χ3v) is 4.76. The summed E-state index contributed by atoms with van der Waals surface area (Å²) >= 11 is 5.82. The molecule has 1 aromatic rings. The smallest absolute Gasteiger partial charge is 0.335 e. The maximum Gasteiger partial charge on any atom is 0.335 e. The summed E-state index contributed by atoms with van der Waals surface area (Å²) < 4.78 is 75.9. The second kappa shape index (κ2) is 7.31. The maximum absolute atomic E-state index is 13.2. The van der Waals surface area contributed by atoms with E-state index in [0.29, 0.717) is 0 Å². The minimum Gasteiger partial charge on any atom is -0.463 e. The summed E-state index contributed by atoms with van der Waals surface area (Å²) in [5, 5.41) is -3.03. The van der Waals surface area contributed by atoms with Crippen molar-refractivity contribution in [1.82, 2.24) is 0 Å². The molecule has 5 nitrogen and oxygen atoms in total.